The summed E-state index contributed by atoms with van der Waals surface area (Å²) in [4.78, 5) is 11.5. The molecule has 20 heavy (non-hydrogen) atoms. The van der Waals surface area contributed by atoms with Gasteiger partial charge >= 0.3 is 5.97 Å². The maximum absolute atomic E-state index is 11.5. The zero-order valence-electron chi connectivity index (χ0n) is 12.2. The third-order valence-corrected chi connectivity index (χ3v) is 4.49. The number of fused-ring (bicyclic) bond motifs is 1. The molecule has 4 heteroatoms. The van der Waals surface area contributed by atoms with Gasteiger partial charge in [-0.3, -0.25) is 0 Å². The Morgan fingerprint density at radius 2 is 2.10 bits per heavy atom. The van der Waals surface area contributed by atoms with Crippen molar-refractivity contribution in [1.82, 2.24) is 0 Å². The van der Waals surface area contributed by atoms with Crippen molar-refractivity contribution in [3.05, 3.63) is 29.3 Å². The molecule has 2 N–H and O–H groups in total. The number of benzene rings is 1. The molecule has 0 saturated heterocycles. The summed E-state index contributed by atoms with van der Waals surface area (Å²) in [5.74, 6) is -0.937. The highest BCUT2D eigenvalue weighted by Gasteiger charge is 2.47. The second kappa shape index (κ2) is 5.44. The lowest BCUT2D eigenvalue weighted by atomic mass is 9.70. The first kappa shape index (κ1) is 14.9. The summed E-state index contributed by atoms with van der Waals surface area (Å²) in [6, 6.07) is 5.90. The van der Waals surface area contributed by atoms with Crippen molar-refractivity contribution in [1.29, 1.82) is 0 Å². The summed E-state index contributed by atoms with van der Waals surface area (Å²) in [6.07, 6.45) is 2.07. The number of aliphatic hydroxyl groups is 1. The summed E-state index contributed by atoms with van der Waals surface area (Å²) in [5.41, 5.74) is 0.639. The van der Waals surface area contributed by atoms with Gasteiger partial charge in [0.2, 0.25) is 0 Å². The van der Waals surface area contributed by atoms with E-state index in [1.54, 1.807) is 21.0 Å². The van der Waals surface area contributed by atoms with E-state index >= 15 is 0 Å². The van der Waals surface area contributed by atoms with Gasteiger partial charge in [0.25, 0.3) is 0 Å². The first-order chi connectivity index (χ1) is 9.39. The van der Waals surface area contributed by atoms with Gasteiger partial charge in [0.1, 0.15) is 5.75 Å². The molecule has 1 aliphatic carbocycles. The zero-order chi connectivity index (χ0) is 14.9. The quantitative estimate of drug-likeness (QED) is 0.886. The van der Waals surface area contributed by atoms with Crippen LogP contribution in [0.1, 0.15) is 31.4 Å². The van der Waals surface area contributed by atoms with E-state index < -0.39 is 11.6 Å². The van der Waals surface area contributed by atoms with Crippen LogP contribution in [0.2, 0.25) is 0 Å². The SMILES string of the molecule is COc1ccc2c(c1)CC(C(O)(C(=O)O)C(C)C)CC2. The molecule has 0 saturated carbocycles. The largest absolute Gasteiger partial charge is 0.497 e. The van der Waals surface area contributed by atoms with Crippen LogP contribution in [0.5, 0.6) is 5.75 Å². The van der Waals surface area contributed by atoms with Crippen LogP contribution < -0.4 is 4.74 Å². The number of hydrogen-bond donors (Lipinski definition) is 2. The monoisotopic (exact) mass is 278 g/mol. The zero-order valence-corrected chi connectivity index (χ0v) is 12.2. The molecule has 0 radical (unpaired) electrons. The maximum Gasteiger partial charge on any atom is 0.336 e. The van der Waals surface area contributed by atoms with Crippen molar-refractivity contribution in [2.75, 3.05) is 7.11 Å². The Bertz CT molecular complexity index is 509. The molecule has 0 amide bonds. The minimum atomic E-state index is -1.67. The molecule has 2 atom stereocenters. The van der Waals surface area contributed by atoms with Crippen LogP contribution in [-0.4, -0.2) is 28.9 Å². The standard InChI is InChI=1S/C16H22O4/c1-10(2)16(19,15(17)18)13-6-4-11-5-7-14(20-3)9-12(11)8-13/h5,7,9-10,13,19H,4,6,8H2,1-3H3,(H,17,18). The maximum atomic E-state index is 11.5. The molecule has 2 rings (SSSR count). The van der Waals surface area contributed by atoms with E-state index in [-0.39, 0.29) is 11.8 Å². The molecular weight excluding hydrogens is 256 g/mol. The fourth-order valence-corrected chi connectivity index (χ4v) is 3.13. The van der Waals surface area contributed by atoms with Gasteiger partial charge in [-0.2, -0.15) is 0 Å². The van der Waals surface area contributed by atoms with Crippen LogP contribution in [0.15, 0.2) is 18.2 Å². The van der Waals surface area contributed by atoms with E-state index in [1.165, 1.54) is 5.56 Å². The van der Waals surface area contributed by atoms with Crippen LogP contribution >= 0.6 is 0 Å². The van der Waals surface area contributed by atoms with Crippen LogP contribution in [0.25, 0.3) is 0 Å². The molecule has 0 bridgehead atoms. The highest BCUT2D eigenvalue weighted by atomic mass is 16.5. The van der Waals surface area contributed by atoms with Gasteiger partial charge in [0.15, 0.2) is 5.60 Å². The van der Waals surface area contributed by atoms with Crippen molar-refractivity contribution in [2.24, 2.45) is 11.8 Å². The van der Waals surface area contributed by atoms with Crippen molar-refractivity contribution < 1.29 is 19.7 Å². The summed E-state index contributed by atoms with van der Waals surface area (Å²) >= 11 is 0. The molecule has 1 aromatic carbocycles. The first-order valence-electron chi connectivity index (χ1n) is 7.01. The number of carboxylic acids is 1. The molecule has 0 aromatic heterocycles. The summed E-state index contributed by atoms with van der Waals surface area (Å²) in [7, 11) is 1.61. The number of aryl methyl sites for hydroxylation is 1. The van der Waals surface area contributed by atoms with Gasteiger partial charge in [-0.05, 0) is 48.4 Å². The minimum absolute atomic E-state index is 0.264. The minimum Gasteiger partial charge on any atom is -0.497 e. The van der Waals surface area contributed by atoms with Gasteiger partial charge < -0.3 is 14.9 Å². The summed E-state index contributed by atoms with van der Waals surface area (Å²) < 4.78 is 5.22. The van der Waals surface area contributed by atoms with E-state index in [1.807, 2.05) is 18.2 Å². The molecule has 1 aromatic rings. The van der Waals surface area contributed by atoms with E-state index in [0.29, 0.717) is 12.8 Å². The molecule has 0 heterocycles. The lowest BCUT2D eigenvalue weighted by Gasteiger charge is -2.38. The second-order valence-electron chi connectivity index (χ2n) is 5.86. The fourth-order valence-electron chi connectivity index (χ4n) is 3.13. The molecule has 0 fully saturated rings. The van der Waals surface area contributed by atoms with Crippen LogP contribution in [0, 0.1) is 11.8 Å². The van der Waals surface area contributed by atoms with Gasteiger partial charge in [-0.15, -0.1) is 0 Å². The highest BCUT2D eigenvalue weighted by Crippen LogP contribution is 2.38. The van der Waals surface area contributed by atoms with E-state index in [4.69, 9.17) is 4.74 Å². The Balaban J connectivity index is 2.31. The van der Waals surface area contributed by atoms with Crippen molar-refractivity contribution in [3.8, 4) is 5.75 Å². The number of rotatable bonds is 4. The van der Waals surface area contributed by atoms with Crippen molar-refractivity contribution >= 4 is 5.97 Å². The molecule has 2 unspecified atom stereocenters. The molecule has 110 valence electrons. The number of ether oxygens (including phenoxy) is 1. The predicted molar refractivity (Wildman–Crippen MR) is 75.9 cm³/mol. The van der Waals surface area contributed by atoms with Crippen molar-refractivity contribution in [3.63, 3.8) is 0 Å². The molecule has 4 nitrogen and oxygen atoms in total. The van der Waals surface area contributed by atoms with Crippen LogP contribution in [0.4, 0.5) is 0 Å². The third-order valence-electron chi connectivity index (χ3n) is 4.49. The number of aliphatic carboxylic acids is 1. The van der Waals surface area contributed by atoms with Gasteiger partial charge in [-0.1, -0.05) is 19.9 Å². The number of carboxylic acid groups (broad SMARTS) is 1. The van der Waals surface area contributed by atoms with Gasteiger partial charge in [0.05, 0.1) is 7.11 Å². The van der Waals surface area contributed by atoms with Crippen molar-refractivity contribution in [2.45, 2.75) is 38.7 Å². The number of hydrogen-bond acceptors (Lipinski definition) is 3. The second-order valence-corrected chi connectivity index (χ2v) is 5.86. The molecule has 0 spiro atoms. The van der Waals surface area contributed by atoms with Crippen LogP contribution in [-0.2, 0) is 17.6 Å². The number of carbonyl (C=O) groups is 1. The number of methoxy groups -OCH3 is 1. The summed E-state index contributed by atoms with van der Waals surface area (Å²) in [6.45, 7) is 3.52. The topological polar surface area (TPSA) is 66.8 Å². The molecular formula is C16H22O4. The summed E-state index contributed by atoms with van der Waals surface area (Å²) in [5, 5.41) is 20.0. The lowest BCUT2D eigenvalue weighted by molar-refractivity contribution is -0.172. The Hall–Kier alpha value is -1.55. The highest BCUT2D eigenvalue weighted by molar-refractivity contribution is 5.78. The Labute approximate surface area is 119 Å². The smallest absolute Gasteiger partial charge is 0.336 e. The Morgan fingerprint density at radius 1 is 1.40 bits per heavy atom. The average molecular weight is 278 g/mol. The van der Waals surface area contributed by atoms with Crippen LogP contribution in [0.3, 0.4) is 0 Å². The van der Waals surface area contributed by atoms with E-state index in [0.717, 1.165) is 17.7 Å². The molecule has 1 aliphatic rings. The normalized spacial score (nSPS) is 21.1. The van der Waals surface area contributed by atoms with E-state index in [2.05, 4.69) is 0 Å². The average Bonchev–Trinajstić information content (AvgIpc) is 2.44. The predicted octanol–water partition coefficient (Wildman–Crippen LogP) is 2.27. The Kier molecular flexibility index (Phi) is 4.04. The van der Waals surface area contributed by atoms with E-state index in [9.17, 15) is 15.0 Å². The van der Waals surface area contributed by atoms with Gasteiger partial charge in [0, 0.05) is 5.92 Å². The Morgan fingerprint density at radius 3 is 2.65 bits per heavy atom. The fraction of sp³-hybridized carbons (Fsp3) is 0.562. The molecule has 0 aliphatic heterocycles. The van der Waals surface area contributed by atoms with Gasteiger partial charge in [-0.25, -0.2) is 4.79 Å². The third kappa shape index (κ3) is 2.40. The lowest BCUT2D eigenvalue weighted by Crippen LogP contribution is -2.52. The first-order valence-corrected chi connectivity index (χ1v) is 7.01.